The van der Waals surface area contributed by atoms with Gasteiger partial charge in [0.1, 0.15) is 0 Å². The van der Waals surface area contributed by atoms with E-state index in [1.54, 1.807) is 12.1 Å². The maximum absolute atomic E-state index is 11.9. The fourth-order valence-electron chi connectivity index (χ4n) is 1.57. The Hall–Kier alpha value is -2.12. The predicted molar refractivity (Wildman–Crippen MR) is 71.4 cm³/mol. The first-order valence-electron chi connectivity index (χ1n) is 5.50. The molecule has 1 aromatic heterocycles. The molecular weight excluding hydrogens is 244 g/mol. The van der Waals surface area contributed by atoms with Crippen LogP contribution in [0, 0.1) is 18.3 Å². The summed E-state index contributed by atoms with van der Waals surface area (Å²) in [5.74, 6) is -0.0573. The average Bonchev–Trinajstić information content (AvgIpc) is 2.83. The van der Waals surface area contributed by atoms with Crippen LogP contribution in [0.2, 0.25) is 0 Å². The van der Waals surface area contributed by atoms with Crippen LogP contribution in [0.4, 0.5) is 0 Å². The second kappa shape index (κ2) is 5.48. The third-order valence-electron chi connectivity index (χ3n) is 2.64. The number of amides is 1. The quantitative estimate of drug-likeness (QED) is 0.918. The number of carbonyl (C=O) groups is 1. The van der Waals surface area contributed by atoms with Gasteiger partial charge in [0.15, 0.2) is 0 Å². The maximum atomic E-state index is 11.9. The molecule has 2 aromatic rings. The lowest BCUT2D eigenvalue weighted by molar-refractivity contribution is 0.0951. The van der Waals surface area contributed by atoms with Crippen molar-refractivity contribution in [2.45, 2.75) is 13.5 Å². The lowest BCUT2D eigenvalue weighted by atomic mass is 10.1. The van der Waals surface area contributed by atoms with Gasteiger partial charge in [-0.05, 0) is 35.6 Å². The molecule has 18 heavy (non-hydrogen) atoms. The molecule has 0 unspecified atom stereocenters. The fourth-order valence-corrected chi connectivity index (χ4v) is 2.40. The molecule has 1 heterocycles. The summed E-state index contributed by atoms with van der Waals surface area (Å²) in [7, 11) is 0. The van der Waals surface area contributed by atoms with Crippen LogP contribution in [0.25, 0.3) is 0 Å². The molecule has 0 aliphatic rings. The summed E-state index contributed by atoms with van der Waals surface area (Å²) in [5.41, 5.74) is 3.33. The van der Waals surface area contributed by atoms with E-state index in [4.69, 9.17) is 5.26 Å². The zero-order valence-corrected chi connectivity index (χ0v) is 10.8. The summed E-state index contributed by atoms with van der Waals surface area (Å²) in [6.07, 6.45) is 0. The van der Waals surface area contributed by atoms with Crippen LogP contribution in [0.15, 0.2) is 35.0 Å². The minimum Gasteiger partial charge on any atom is -0.348 e. The Morgan fingerprint density at radius 3 is 2.61 bits per heavy atom. The van der Waals surface area contributed by atoms with Crippen LogP contribution in [0.3, 0.4) is 0 Å². The summed E-state index contributed by atoms with van der Waals surface area (Å²) in [6, 6.07) is 9.25. The van der Waals surface area contributed by atoms with E-state index >= 15 is 0 Å². The molecule has 1 amide bonds. The molecule has 4 heteroatoms. The number of nitriles is 1. The van der Waals surface area contributed by atoms with Gasteiger partial charge in [-0.15, -0.1) is 0 Å². The Balaban J connectivity index is 1.97. The van der Waals surface area contributed by atoms with Crippen LogP contribution in [0.5, 0.6) is 0 Å². The van der Waals surface area contributed by atoms with Gasteiger partial charge in [-0.2, -0.15) is 16.6 Å². The number of rotatable bonds is 3. The van der Waals surface area contributed by atoms with Gasteiger partial charge in [0.05, 0.1) is 17.2 Å². The number of hydrogen-bond donors (Lipinski definition) is 1. The molecule has 0 atom stereocenters. The number of thiophene rings is 1. The normalized spacial score (nSPS) is 9.78. The molecule has 1 aromatic carbocycles. The predicted octanol–water partition coefficient (Wildman–Crippen LogP) is 2.86. The molecule has 0 spiro atoms. The Morgan fingerprint density at radius 2 is 2.06 bits per heavy atom. The summed E-state index contributed by atoms with van der Waals surface area (Å²) in [6.45, 7) is 2.40. The minimum atomic E-state index is -0.0573. The molecule has 90 valence electrons. The first-order chi connectivity index (χ1) is 8.70. The zero-order chi connectivity index (χ0) is 13.0. The second-order valence-electron chi connectivity index (χ2n) is 3.96. The topological polar surface area (TPSA) is 52.9 Å². The molecule has 0 bridgehead atoms. The van der Waals surface area contributed by atoms with Crippen molar-refractivity contribution in [3.8, 4) is 6.07 Å². The van der Waals surface area contributed by atoms with E-state index in [0.717, 1.165) is 16.7 Å². The van der Waals surface area contributed by atoms with Crippen molar-refractivity contribution in [2.24, 2.45) is 0 Å². The molecule has 0 radical (unpaired) electrons. The first kappa shape index (κ1) is 12.3. The molecular formula is C14H12N2OS. The van der Waals surface area contributed by atoms with E-state index < -0.39 is 0 Å². The first-order valence-corrected chi connectivity index (χ1v) is 6.45. The van der Waals surface area contributed by atoms with Gasteiger partial charge in [0.25, 0.3) is 5.91 Å². The van der Waals surface area contributed by atoms with E-state index in [1.165, 1.54) is 11.3 Å². The highest BCUT2D eigenvalue weighted by molar-refractivity contribution is 7.08. The van der Waals surface area contributed by atoms with E-state index in [9.17, 15) is 4.79 Å². The SMILES string of the molecule is Cc1cscc1C(=O)NCc1ccc(C#N)cc1. The van der Waals surface area contributed by atoms with Gasteiger partial charge in [-0.25, -0.2) is 0 Å². The van der Waals surface area contributed by atoms with E-state index in [2.05, 4.69) is 11.4 Å². The molecule has 2 rings (SSSR count). The lowest BCUT2D eigenvalue weighted by Gasteiger charge is -2.05. The Kier molecular flexibility index (Phi) is 3.75. The van der Waals surface area contributed by atoms with Crippen LogP contribution in [-0.2, 0) is 6.54 Å². The van der Waals surface area contributed by atoms with Gasteiger partial charge >= 0.3 is 0 Å². The second-order valence-corrected chi connectivity index (χ2v) is 4.70. The molecule has 3 nitrogen and oxygen atoms in total. The number of nitrogens with one attached hydrogen (secondary N) is 1. The van der Waals surface area contributed by atoms with Crippen molar-refractivity contribution in [3.05, 3.63) is 57.3 Å². The van der Waals surface area contributed by atoms with Crippen molar-refractivity contribution in [1.29, 1.82) is 5.26 Å². The van der Waals surface area contributed by atoms with Crippen molar-refractivity contribution in [3.63, 3.8) is 0 Å². The van der Waals surface area contributed by atoms with Crippen molar-refractivity contribution in [1.82, 2.24) is 5.32 Å². The molecule has 0 saturated carbocycles. The number of carbonyl (C=O) groups excluding carboxylic acids is 1. The van der Waals surface area contributed by atoms with Crippen LogP contribution < -0.4 is 5.32 Å². The summed E-state index contributed by atoms with van der Waals surface area (Å²) in [5, 5.41) is 15.4. The average molecular weight is 256 g/mol. The summed E-state index contributed by atoms with van der Waals surface area (Å²) >= 11 is 1.52. The fraction of sp³-hybridized carbons (Fsp3) is 0.143. The highest BCUT2D eigenvalue weighted by Gasteiger charge is 2.08. The van der Waals surface area contributed by atoms with Crippen molar-refractivity contribution >= 4 is 17.2 Å². The molecule has 0 aliphatic heterocycles. The van der Waals surface area contributed by atoms with Crippen molar-refractivity contribution in [2.75, 3.05) is 0 Å². The van der Waals surface area contributed by atoms with Gasteiger partial charge in [0.2, 0.25) is 0 Å². The highest BCUT2D eigenvalue weighted by atomic mass is 32.1. The maximum Gasteiger partial charge on any atom is 0.252 e. The number of aryl methyl sites for hydroxylation is 1. The number of nitrogens with zero attached hydrogens (tertiary/aromatic N) is 1. The lowest BCUT2D eigenvalue weighted by Crippen LogP contribution is -2.22. The largest absolute Gasteiger partial charge is 0.348 e. The Bertz CT molecular complexity index is 593. The third-order valence-corrected chi connectivity index (χ3v) is 3.50. The van der Waals surface area contributed by atoms with Crippen molar-refractivity contribution < 1.29 is 4.79 Å². The van der Waals surface area contributed by atoms with Gasteiger partial charge in [0, 0.05) is 11.9 Å². The molecule has 0 fully saturated rings. The molecule has 1 N–H and O–H groups in total. The Morgan fingerprint density at radius 1 is 1.33 bits per heavy atom. The van der Waals surface area contributed by atoms with Crippen LogP contribution >= 0.6 is 11.3 Å². The molecule has 0 saturated heterocycles. The standard InChI is InChI=1S/C14H12N2OS/c1-10-8-18-9-13(10)14(17)16-7-12-4-2-11(6-15)3-5-12/h2-5,8-9H,7H2,1H3,(H,16,17). The minimum absolute atomic E-state index is 0.0573. The number of benzene rings is 1. The van der Waals surface area contributed by atoms with E-state index in [0.29, 0.717) is 12.1 Å². The monoisotopic (exact) mass is 256 g/mol. The van der Waals surface area contributed by atoms with Crippen LogP contribution in [-0.4, -0.2) is 5.91 Å². The number of hydrogen-bond acceptors (Lipinski definition) is 3. The zero-order valence-electron chi connectivity index (χ0n) is 9.93. The molecule has 0 aliphatic carbocycles. The summed E-state index contributed by atoms with van der Waals surface area (Å²) < 4.78 is 0. The van der Waals surface area contributed by atoms with Gasteiger partial charge in [-0.3, -0.25) is 4.79 Å². The Labute approximate surface area is 110 Å². The van der Waals surface area contributed by atoms with E-state index in [-0.39, 0.29) is 5.91 Å². The highest BCUT2D eigenvalue weighted by Crippen LogP contribution is 2.13. The van der Waals surface area contributed by atoms with Crippen LogP contribution in [0.1, 0.15) is 27.0 Å². The third kappa shape index (κ3) is 2.76. The van der Waals surface area contributed by atoms with Gasteiger partial charge in [-0.1, -0.05) is 12.1 Å². The smallest absolute Gasteiger partial charge is 0.252 e. The van der Waals surface area contributed by atoms with E-state index in [1.807, 2.05) is 29.8 Å². The van der Waals surface area contributed by atoms with Gasteiger partial charge < -0.3 is 5.32 Å². The summed E-state index contributed by atoms with van der Waals surface area (Å²) in [4.78, 5) is 11.9.